The second-order valence-corrected chi connectivity index (χ2v) is 6.49. The zero-order valence-electron chi connectivity index (χ0n) is 14.9. The van der Waals surface area contributed by atoms with Gasteiger partial charge in [0.05, 0.1) is 0 Å². The highest BCUT2D eigenvalue weighted by atomic mass is 16.7. The van der Waals surface area contributed by atoms with Crippen molar-refractivity contribution in [2.45, 2.75) is 0 Å². The van der Waals surface area contributed by atoms with E-state index in [0.29, 0.717) is 30.2 Å². The topological polar surface area (TPSA) is 71.0 Å². The number of carbonyl (C=O) groups is 1. The number of nitrogens with zero attached hydrogens (tertiary/aromatic N) is 5. The largest absolute Gasteiger partial charge is 0.454 e. The van der Waals surface area contributed by atoms with Crippen molar-refractivity contribution in [2.75, 3.05) is 56.9 Å². The van der Waals surface area contributed by atoms with Gasteiger partial charge in [-0.3, -0.25) is 4.79 Å². The van der Waals surface area contributed by atoms with E-state index in [4.69, 9.17) is 9.47 Å². The van der Waals surface area contributed by atoms with Gasteiger partial charge in [0.25, 0.3) is 5.91 Å². The molecule has 3 heterocycles. The molecule has 1 aromatic carbocycles. The molecule has 0 aliphatic carbocycles. The molecule has 0 radical (unpaired) electrons. The Balaban J connectivity index is 1.39. The quantitative estimate of drug-likeness (QED) is 0.820. The lowest BCUT2D eigenvalue weighted by molar-refractivity contribution is 0.0746. The third-order valence-corrected chi connectivity index (χ3v) is 4.60. The lowest BCUT2D eigenvalue weighted by atomic mass is 10.1. The van der Waals surface area contributed by atoms with Crippen LogP contribution in [0.2, 0.25) is 0 Å². The fourth-order valence-electron chi connectivity index (χ4n) is 3.08. The molecule has 2 aliphatic rings. The van der Waals surface area contributed by atoms with E-state index in [1.54, 1.807) is 18.2 Å². The van der Waals surface area contributed by atoms with Gasteiger partial charge in [0.15, 0.2) is 23.1 Å². The molecule has 0 saturated carbocycles. The van der Waals surface area contributed by atoms with Crippen molar-refractivity contribution >= 4 is 17.5 Å². The zero-order chi connectivity index (χ0) is 18.1. The fourth-order valence-corrected chi connectivity index (χ4v) is 3.08. The molecule has 1 amide bonds. The van der Waals surface area contributed by atoms with Gasteiger partial charge in [-0.2, -0.15) is 0 Å². The Morgan fingerprint density at radius 3 is 2.46 bits per heavy atom. The fraction of sp³-hybridized carbons (Fsp3) is 0.389. The molecule has 0 N–H and O–H groups in total. The first-order valence-electron chi connectivity index (χ1n) is 8.57. The summed E-state index contributed by atoms with van der Waals surface area (Å²) in [5.41, 5.74) is 0.623. The number of piperazine rings is 1. The van der Waals surface area contributed by atoms with Crippen molar-refractivity contribution in [3.8, 4) is 11.5 Å². The number of rotatable bonds is 3. The summed E-state index contributed by atoms with van der Waals surface area (Å²) < 4.78 is 10.7. The van der Waals surface area contributed by atoms with Gasteiger partial charge >= 0.3 is 0 Å². The summed E-state index contributed by atoms with van der Waals surface area (Å²) >= 11 is 0. The van der Waals surface area contributed by atoms with Gasteiger partial charge < -0.3 is 24.2 Å². The minimum Gasteiger partial charge on any atom is -0.454 e. The van der Waals surface area contributed by atoms with Crippen molar-refractivity contribution in [1.82, 2.24) is 15.1 Å². The monoisotopic (exact) mass is 355 g/mol. The van der Waals surface area contributed by atoms with E-state index in [2.05, 4.69) is 15.1 Å². The molecule has 1 saturated heterocycles. The number of anilines is 2. The Hall–Kier alpha value is -3.03. The average molecular weight is 355 g/mol. The van der Waals surface area contributed by atoms with Gasteiger partial charge in [0.1, 0.15) is 0 Å². The van der Waals surface area contributed by atoms with Crippen molar-refractivity contribution in [3.63, 3.8) is 0 Å². The second-order valence-electron chi connectivity index (χ2n) is 6.49. The van der Waals surface area contributed by atoms with Crippen LogP contribution in [0.1, 0.15) is 10.4 Å². The van der Waals surface area contributed by atoms with Gasteiger partial charge in [0.2, 0.25) is 6.79 Å². The van der Waals surface area contributed by atoms with E-state index >= 15 is 0 Å². The normalized spacial score (nSPS) is 15.9. The molecule has 2 aromatic rings. The van der Waals surface area contributed by atoms with Crippen LogP contribution in [0.25, 0.3) is 0 Å². The summed E-state index contributed by atoms with van der Waals surface area (Å²) in [6.45, 7) is 2.95. The van der Waals surface area contributed by atoms with E-state index < -0.39 is 0 Å². The smallest absolute Gasteiger partial charge is 0.254 e. The van der Waals surface area contributed by atoms with Crippen molar-refractivity contribution in [2.24, 2.45) is 0 Å². The SMILES string of the molecule is CN(C)c1ccc(N2CCN(C(=O)c3ccc4c(c3)OCO4)CC2)nn1. The number of carbonyl (C=O) groups excluding carboxylic acids is 1. The van der Waals surface area contributed by atoms with Crippen LogP contribution >= 0.6 is 0 Å². The van der Waals surface area contributed by atoms with Gasteiger partial charge in [-0.1, -0.05) is 0 Å². The Morgan fingerprint density at radius 1 is 1.00 bits per heavy atom. The summed E-state index contributed by atoms with van der Waals surface area (Å²) in [6, 6.07) is 9.24. The van der Waals surface area contributed by atoms with Crippen LogP contribution in [-0.2, 0) is 0 Å². The van der Waals surface area contributed by atoms with Gasteiger partial charge in [-0.05, 0) is 30.3 Å². The molecule has 8 nitrogen and oxygen atoms in total. The maximum absolute atomic E-state index is 12.7. The third kappa shape index (κ3) is 3.10. The van der Waals surface area contributed by atoms with Gasteiger partial charge in [-0.15, -0.1) is 10.2 Å². The number of hydrogen-bond donors (Lipinski definition) is 0. The van der Waals surface area contributed by atoms with Crippen LogP contribution in [0.5, 0.6) is 11.5 Å². The second kappa shape index (κ2) is 6.70. The summed E-state index contributed by atoms with van der Waals surface area (Å²) in [7, 11) is 3.87. The van der Waals surface area contributed by atoms with Crippen LogP contribution in [0, 0.1) is 0 Å². The minimum atomic E-state index is 0.0111. The summed E-state index contributed by atoms with van der Waals surface area (Å²) in [5, 5.41) is 8.51. The summed E-state index contributed by atoms with van der Waals surface area (Å²) in [5.74, 6) is 2.99. The Labute approximate surface area is 151 Å². The molecule has 0 atom stereocenters. The first-order valence-corrected chi connectivity index (χ1v) is 8.57. The summed E-state index contributed by atoms with van der Waals surface area (Å²) in [4.78, 5) is 18.7. The molecule has 0 unspecified atom stereocenters. The van der Waals surface area contributed by atoms with Crippen molar-refractivity contribution < 1.29 is 14.3 Å². The summed E-state index contributed by atoms with van der Waals surface area (Å²) in [6.07, 6.45) is 0. The third-order valence-electron chi connectivity index (χ3n) is 4.60. The first-order chi connectivity index (χ1) is 12.6. The van der Waals surface area contributed by atoms with Crippen LogP contribution in [0.15, 0.2) is 30.3 Å². The minimum absolute atomic E-state index is 0.0111. The number of ether oxygens (including phenoxy) is 2. The highest BCUT2D eigenvalue weighted by Gasteiger charge is 2.24. The van der Waals surface area contributed by atoms with E-state index in [-0.39, 0.29) is 12.7 Å². The maximum atomic E-state index is 12.7. The maximum Gasteiger partial charge on any atom is 0.254 e. The molecule has 4 rings (SSSR count). The molecule has 1 fully saturated rings. The van der Waals surface area contributed by atoms with Crippen molar-refractivity contribution in [3.05, 3.63) is 35.9 Å². The van der Waals surface area contributed by atoms with E-state index in [1.165, 1.54) is 0 Å². The first kappa shape index (κ1) is 16.4. The highest BCUT2D eigenvalue weighted by molar-refractivity contribution is 5.95. The molecule has 1 aromatic heterocycles. The van der Waals surface area contributed by atoms with Crippen LogP contribution in [-0.4, -0.2) is 68.1 Å². The molecule has 136 valence electrons. The predicted octanol–water partition coefficient (Wildman–Crippen LogP) is 1.23. The number of benzene rings is 1. The van der Waals surface area contributed by atoms with Crippen LogP contribution in [0.3, 0.4) is 0 Å². The number of fused-ring (bicyclic) bond motifs is 1. The molecule has 8 heteroatoms. The van der Waals surface area contributed by atoms with Crippen molar-refractivity contribution in [1.29, 1.82) is 0 Å². The average Bonchev–Trinajstić information content (AvgIpc) is 3.15. The molecule has 0 bridgehead atoms. The molecular weight excluding hydrogens is 334 g/mol. The lowest BCUT2D eigenvalue weighted by Crippen LogP contribution is -2.49. The van der Waals surface area contributed by atoms with Gasteiger partial charge in [0, 0.05) is 45.8 Å². The predicted molar refractivity (Wildman–Crippen MR) is 97.0 cm³/mol. The molecule has 0 spiro atoms. The van der Waals surface area contributed by atoms with E-state index in [0.717, 1.165) is 24.7 Å². The Morgan fingerprint density at radius 2 is 1.77 bits per heavy atom. The van der Waals surface area contributed by atoms with E-state index in [9.17, 15) is 4.79 Å². The highest BCUT2D eigenvalue weighted by Crippen LogP contribution is 2.32. The lowest BCUT2D eigenvalue weighted by Gasteiger charge is -2.35. The Kier molecular flexibility index (Phi) is 4.24. The Bertz CT molecular complexity index is 801. The molecule has 26 heavy (non-hydrogen) atoms. The number of amides is 1. The molecule has 2 aliphatic heterocycles. The van der Waals surface area contributed by atoms with Crippen LogP contribution < -0.4 is 19.3 Å². The zero-order valence-corrected chi connectivity index (χ0v) is 14.9. The number of aromatic nitrogens is 2. The van der Waals surface area contributed by atoms with Crippen LogP contribution in [0.4, 0.5) is 11.6 Å². The molecular formula is C18H21N5O3. The standard InChI is InChI=1S/C18H21N5O3/c1-21(2)16-5-6-17(20-19-16)22-7-9-23(10-8-22)18(24)13-3-4-14-15(11-13)26-12-25-14/h3-6,11H,7-10,12H2,1-2H3. The number of hydrogen-bond acceptors (Lipinski definition) is 7. The van der Waals surface area contributed by atoms with E-state index in [1.807, 2.05) is 36.0 Å². The van der Waals surface area contributed by atoms with Gasteiger partial charge in [-0.25, -0.2) is 0 Å².